The van der Waals surface area contributed by atoms with E-state index in [1.165, 1.54) is 0 Å². The molecule has 114 valence electrons. The summed E-state index contributed by atoms with van der Waals surface area (Å²) >= 11 is 0. The summed E-state index contributed by atoms with van der Waals surface area (Å²) in [7, 11) is 0. The highest BCUT2D eigenvalue weighted by Crippen LogP contribution is 2.48. The van der Waals surface area contributed by atoms with E-state index in [9.17, 15) is 40.2 Å². The van der Waals surface area contributed by atoms with E-state index in [0.717, 1.165) is 0 Å². The van der Waals surface area contributed by atoms with Gasteiger partial charge in [0.15, 0.2) is 5.60 Å². The second-order valence-electron chi connectivity index (χ2n) is 4.22. The average molecular weight is 308 g/mol. The molecule has 0 aliphatic rings. The first-order valence-corrected chi connectivity index (χ1v) is 5.06. The summed E-state index contributed by atoms with van der Waals surface area (Å²) in [6.07, 6.45) is -10.8. The quantitative estimate of drug-likeness (QED) is 0.815. The van der Waals surface area contributed by atoms with Crippen LogP contribution in [-0.4, -0.2) is 17.2 Å². The maximum Gasteiger partial charge on any atom is 0.456 e. The second-order valence-corrected chi connectivity index (χ2v) is 4.22. The molecule has 0 saturated heterocycles. The first kappa shape index (κ1) is 16.7. The first-order valence-electron chi connectivity index (χ1n) is 5.06. The molecule has 1 unspecified atom stereocenters. The summed E-state index contributed by atoms with van der Waals surface area (Å²) < 4.78 is 99.6. The summed E-state index contributed by atoms with van der Waals surface area (Å²) in [4.78, 5) is 0. The molecule has 1 aromatic rings. The Morgan fingerprint density at radius 2 is 1.10 bits per heavy atom. The largest absolute Gasteiger partial charge is 0.456 e. The van der Waals surface area contributed by atoms with Crippen molar-refractivity contribution in [1.82, 2.24) is 0 Å². The van der Waals surface area contributed by atoms with Crippen LogP contribution in [-0.2, 0) is 11.8 Å². The molecule has 0 heterocycles. The summed E-state index contributed by atoms with van der Waals surface area (Å²) in [6, 6.07) is 1.39. The van der Waals surface area contributed by atoms with Gasteiger partial charge in [0, 0.05) is 0 Å². The molecule has 0 aliphatic heterocycles. The molecule has 9 heteroatoms. The lowest BCUT2D eigenvalue weighted by Gasteiger charge is -2.34. The predicted molar refractivity (Wildman–Crippen MR) is 52.0 cm³/mol. The Bertz CT molecular complexity index is 469. The van der Waals surface area contributed by atoms with E-state index in [0.29, 0.717) is 24.3 Å². The van der Waals surface area contributed by atoms with E-state index in [4.69, 9.17) is 0 Å². The van der Waals surface area contributed by atoms with E-state index < -0.39 is 35.0 Å². The van der Waals surface area contributed by atoms with E-state index in [-0.39, 0.29) is 6.92 Å². The van der Waals surface area contributed by atoms with Gasteiger partial charge in [-0.15, -0.1) is 0 Å². The first-order chi connectivity index (χ1) is 8.71. The van der Waals surface area contributed by atoms with Crippen LogP contribution < -0.4 is 0 Å². The van der Waals surface area contributed by atoms with E-state index in [1.54, 1.807) is 0 Å². The van der Waals surface area contributed by atoms with Gasteiger partial charge in [0.25, 0.3) is 0 Å². The van der Waals surface area contributed by atoms with E-state index in [2.05, 4.69) is 0 Å². The zero-order valence-corrected chi connectivity index (χ0v) is 9.78. The number of aliphatic hydroxyl groups is 1. The third-order valence-electron chi connectivity index (χ3n) is 2.74. The highest BCUT2D eigenvalue weighted by Gasteiger charge is 2.68. The monoisotopic (exact) mass is 308 g/mol. The average Bonchev–Trinajstić information content (AvgIpc) is 2.26. The lowest BCUT2D eigenvalue weighted by atomic mass is 9.88. The number of rotatable bonds is 2. The molecule has 1 aromatic carbocycles. The molecule has 1 N–H and O–H groups in total. The van der Waals surface area contributed by atoms with E-state index in [1.807, 2.05) is 0 Å². The fourth-order valence-corrected chi connectivity index (χ4v) is 1.44. The van der Waals surface area contributed by atoms with Crippen molar-refractivity contribution in [3.05, 3.63) is 35.4 Å². The normalized spacial score (nSPS) is 16.9. The maximum absolute atomic E-state index is 13.1. The molecule has 0 saturated carbocycles. The summed E-state index contributed by atoms with van der Waals surface area (Å²) in [5, 5.41) is 9.39. The highest BCUT2D eigenvalue weighted by atomic mass is 19.4. The third kappa shape index (κ3) is 2.72. The third-order valence-corrected chi connectivity index (χ3v) is 2.74. The van der Waals surface area contributed by atoms with Crippen LogP contribution in [0.15, 0.2) is 24.3 Å². The highest BCUT2D eigenvalue weighted by molar-refractivity contribution is 5.30. The van der Waals surface area contributed by atoms with Gasteiger partial charge in [0.05, 0.1) is 5.56 Å². The molecular weight excluding hydrogens is 300 g/mol. The van der Waals surface area contributed by atoms with Gasteiger partial charge in [0.2, 0.25) is 0 Å². The van der Waals surface area contributed by atoms with Gasteiger partial charge in [-0.3, -0.25) is 0 Å². The van der Waals surface area contributed by atoms with Gasteiger partial charge < -0.3 is 5.11 Å². The minimum atomic E-state index is -6.04. The Morgan fingerprint density at radius 1 is 0.750 bits per heavy atom. The molecule has 0 radical (unpaired) electrons. The van der Waals surface area contributed by atoms with Gasteiger partial charge in [-0.25, -0.2) is 0 Å². The molecule has 20 heavy (non-hydrogen) atoms. The van der Waals surface area contributed by atoms with Crippen molar-refractivity contribution >= 4 is 0 Å². The second kappa shape index (κ2) is 4.57. The molecule has 1 rings (SSSR count). The van der Waals surface area contributed by atoms with Crippen LogP contribution in [0.2, 0.25) is 0 Å². The molecule has 1 atom stereocenters. The van der Waals surface area contributed by atoms with Crippen molar-refractivity contribution in [3.8, 4) is 0 Å². The summed E-state index contributed by atoms with van der Waals surface area (Å²) in [5.74, 6) is -5.51. The van der Waals surface area contributed by atoms with Crippen molar-refractivity contribution in [3.63, 3.8) is 0 Å². The SMILES string of the molecule is CC(O)(c1ccc(C(F)(F)F)cc1)C(F)(F)C(F)(F)F. The Morgan fingerprint density at radius 3 is 1.40 bits per heavy atom. The molecule has 0 fully saturated rings. The summed E-state index contributed by atoms with van der Waals surface area (Å²) in [5.41, 5.74) is -5.89. The predicted octanol–water partition coefficient (Wildman–Crippen LogP) is 4.11. The van der Waals surface area contributed by atoms with Gasteiger partial charge in [-0.1, -0.05) is 12.1 Å². The van der Waals surface area contributed by atoms with Crippen molar-refractivity contribution in [2.24, 2.45) is 0 Å². The molecule has 0 spiro atoms. The molecule has 0 aromatic heterocycles. The molecule has 0 amide bonds. The van der Waals surface area contributed by atoms with Gasteiger partial charge in [-0.2, -0.15) is 35.1 Å². The van der Waals surface area contributed by atoms with Gasteiger partial charge in [0.1, 0.15) is 0 Å². The van der Waals surface area contributed by atoms with Crippen molar-refractivity contribution in [2.75, 3.05) is 0 Å². The maximum atomic E-state index is 13.1. The van der Waals surface area contributed by atoms with E-state index >= 15 is 0 Å². The van der Waals surface area contributed by atoms with Crippen molar-refractivity contribution in [1.29, 1.82) is 0 Å². The standard InChI is InChI=1S/C11H8F8O/c1-8(20,10(15,16)11(17,18)19)6-2-4-7(5-3-6)9(12,13)14/h2-5,20H,1H3. The van der Waals surface area contributed by atoms with Crippen LogP contribution in [0.3, 0.4) is 0 Å². The Hall–Kier alpha value is -1.38. The van der Waals surface area contributed by atoms with Crippen LogP contribution in [0.1, 0.15) is 18.1 Å². The Kier molecular flexibility index (Phi) is 3.81. The van der Waals surface area contributed by atoms with Gasteiger partial charge >= 0.3 is 18.3 Å². The number of hydrogen-bond donors (Lipinski definition) is 1. The number of alkyl halides is 8. The van der Waals surface area contributed by atoms with Crippen molar-refractivity contribution in [2.45, 2.75) is 30.8 Å². The van der Waals surface area contributed by atoms with Crippen LogP contribution in [0.4, 0.5) is 35.1 Å². The van der Waals surface area contributed by atoms with Crippen LogP contribution in [0, 0.1) is 0 Å². The molecular formula is C11H8F8O. The van der Waals surface area contributed by atoms with Crippen LogP contribution >= 0.6 is 0 Å². The zero-order valence-electron chi connectivity index (χ0n) is 9.78. The van der Waals surface area contributed by atoms with Crippen molar-refractivity contribution < 1.29 is 40.2 Å². The summed E-state index contributed by atoms with van der Waals surface area (Å²) in [6.45, 7) is 0.184. The Balaban J connectivity index is 3.24. The number of benzene rings is 1. The molecule has 0 bridgehead atoms. The minimum Gasteiger partial charge on any atom is -0.379 e. The fourth-order valence-electron chi connectivity index (χ4n) is 1.44. The lowest BCUT2D eigenvalue weighted by molar-refractivity contribution is -0.342. The zero-order chi connectivity index (χ0) is 16.0. The molecule has 1 nitrogen and oxygen atoms in total. The number of hydrogen-bond acceptors (Lipinski definition) is 1. The van der Waals surface area contributed by atoms with Crippen LogP contribution in [0.5, 0.6) is 0 Å². The fraction of sp³-hybridized carbons (Fsp3) is 0.455. The topological polar surface area (TPSA) is 20.2 Å². The Labute approximate surface area is 107 Å². The lowest BCUT2D eigenvalue weighted by Crippen LogP contribution is -2.53. The molecule has 0 aliphatic carbocycles. The smallest absolute Gasteiger partial charge is 0.379 e. The number of halogens is 8. The van der Waals surface area contributed by atoms with Gasteiger partial charge in [-0.05, 0) is 24.6 Å². The minimum absolute atomic E-state index is 0.184. The van der Waals surface area contributed by atoms with Crippen LogP contribution in [0.25, 0.3) is 0 Å².